The Kier molecular flexibility index (Phi) is 25.8. The molecule has 0 aromatic rings. The maximum atomic E-state index is 8.66. The molecule has 0 heterocycles. The standard InChI is InChI=1S/Co.FH.K.H3O4P/c;;;1-5(2,3)4/h;1H;;(H3,1,2,3,4)/q+2;;+1;/p-3. The van der Waals surface area contributed by atoms with Gasteiger partial charge in [-0.05, 0) is 0 Å². The van der Waals surface area contributed by atoms with Gasteiger partial charge in [-0.3, -0.25) is 0 Å². The summed E-state index contributed by atoms with van der Waals surface area (Å²) >= 11 is 0. The molecule has 0 aromatic heterocycles. The van der Waals surface area contributed by atoms with E-state index in [9.17, 15) is 0 Å². The van der Waals surface area contributed by atoms with E-state index in [1.54, 1.807) is 0 Å². The first-order valence-corrected chi connectivity index (χ1v) is 2.24. The summed E-state index contributed by atoms with van der Waals surface area (Å²) in [4.78, 5) is 24.3. The predicted octanol–water partition coefficient (Wildman–Crippen LogP) is -8.19. The molecule has 47 valence electrons. The van der Waals surface area contributed by atoms with Gasteiger partial charge in [-0.2, -0.15) is 0 Å². The molecule has 0 amide bonds. The van der Waals surface area contributed by atoms with E-state index < -0.39 is 7.82 Å². The van der Waals surface area contributed by atoms with Crippen LogP contribution in [-0.2, 0) is 21.3 Å². The molecule has 0 rings (SSSR count). The van der Waals surface area contributed by atoms with Gasteiger partial charge in [0, 0.05) is 0 Å². The zero-order valence-corrected chi connectivity index (χ0v) is 8.89. The molecule has 1 N–H and O–H groups in total. The average Bonchev–Trinajstić information content (AvgIpc) is 0.722. The summed E-state index contributed by atoms with van der Waals surface area (Å²) < 4.78 is 8.66. The van der Waals surface area contributed by atoms with E-state index in [1.165, 1.54) is 0 Å². The molecule has 4 nitrogen and oxygen atoms in total. The summed E-state index contributed by atoms with van der Waals surface area (Å²) in [6.07, 6.45) is 0. The summed E-state index contributed by atoms with van der Waals surface area (Å²) in [7, 11) is -5.14. The van der Waals surface area contributed by atoms with Gasteiger partial charge in [0.05, 0.1) is 7.82 Å². The Labute approximate surface area is 98.3 Å². The van der Waals surface area contributed by atoms with Crippen LogP contribution in [0.3, 0.4) is 0 Å². The molecule has 8 heavy (non-hydrogen) atoms. The van der Waals surface area contributed by atoms with Crippen molar-refractivity contribution in [3.63, 3.8) is 0 Å². The summed E-state index contributed by atoms with van der Waals surface area (Å²) in [6, 6.07) is 0. The van der Waals surface area contributed by atoms with Crippen molar-refractivity contribution in [3.8, 4) is 0 Å². The first-order chi connectivity index (χ1) is 2.00. The van der Waals surface area contributed by atoms with Crippen LogP contribution in [0, 0.1) is 0 Å². The van der Waals surface area contributed by atoms with Crippen molar-refractivity contribution in [1.82, 2.24) is 0 Å². The number of rotatable bonds is 0. The van der Waals surface area contributed by atoms with E-state index >= 15 is 0 Å². The monoisotopic (exact) mass is 213 g/mol. The van der Waals surface area contributed by atoms with Crippen LogP contribution in [0.15, 0.2) is 0 Å². The minimum Gasteiger partial charge on any atom is -1.00 e. The van der Waals surface area contributed by atoms with Crippen molar-refractivity contribution in [1.29, 1.82) is 0 Å². The Morgan fingerprint density at radius 3 is 1.38 bits per heavy atom. The van der Waals surface area contributed by atoms with Crippen LogP contribution in [0.5, 0.6) is 0 Å². The maximum Gasteiger partial charge on any atom is 2.00 e. The molecule has 8 heteroatoms. The van der Waals surface area contributed by atoms with E-state index in [0.717, 1.165) is 0 Å². The van der Waals surface area contributed by atoms with Crippen molar-refractivity contribution < 1.29 is 92.1 Å². The van der Waals surface area contributed by atoms with Gasteiger partial charge in [0.2, 0.25) is 0 Å². The molecular weight excluding hydrogens is 212 g/mol. The van der Waals surface area contributed by atoms with Crippen LogP contribution in [-0.4, -0.2) is 4.89 Å². The summed E-state index contributed by atoms with van der Waals surface area (Å²) in [5, 5.41) is 0. The van der Waals surface area contributed by atoms with E-state index in [-0.39, 0.29) is 72.9 Å². The quantitative estimate of drug-likeness (QED) is 0.320. The molecule has 0 bridgehead atoms. The number of hydrogen-bond donors (Lipinski definition) is 1. The Morgan fingerprint density at radius 1 is 1.38 bits per heavy atom. The van der Waals surface area contributed by atoms with E-state index in [2.05, 4.69) is 0 Å². The SMILES string of the molecule is O=P([O-])([O-])O.[Co+2].[F-].[K+]. The Balaban J connectivity index is -0.0000000267. The van der Waals surface area contributed by atoms with Crippen molar-refractivity contribution in [3.05, 3.63) is 0 Å². The van der Waals surface area contributed by atoms with Gasteiger partial charge >= 0.3 is 68.2 Å². The molecule has 0 spiro atoms. The molecule has 0 saturated heterocycles. The van der Waals surface area contributed by atoms with Gasteiger partial charge in [-0.15, -0.1) is 0 Å². The van der Waals surface area contributed by atoms with Gasteiger partial charge in [0.1, 0.15) is 0 Å². The van der Waals surface area contributed by atoms with Crippen molar-refractivity contribution in [2.24, 2.45) is 0 Å². The minimum atomic E-state index is -5.14. The molecular formula is HCoFKO4P. The largest absolute Gasteiger partial charge is 2.00 e. The van der Waals surface area contributed by atoms with Gasteiger partial charge in [-0.25, -0.2) is 0 Å². The van der Waals surface area contributed by atoms with Crippen molar-refractivity contribution in [2.45, 2.75) is 0 Å². The second-order valence-electron chi connectivity index (χ2n) is 0.469. The maximum absolute atomic E-state index is 8.66. The normalized spacial score (nSPS) is 7.38. The number of hydrogen-bond acceptors (Lipinski definition) is 3. The fraction of sp³-hybridized carbons (Fsp3) is 0. The summed E-state index contributed by atoms with van der Waals surface area (Å²) in [5.74, 6) is 0. The average molecular weight is 213 g/mol. The zero-order valence-electron chi connectivity index (χ0n) is 3.83. The summed E-state index contributed by atoms with van der Waals surface area (Å²) in [6.45, 7) is 0. The second-order valence-corrected chi connectivity index (χ2v) is 1.41. The van der Waals surface area contributed by atoms with E-state index in [0.29, 0.717) is 0 Å². The van der Waals surface area contributed by atoms with Gasteiger partial charge in [0.25, 0.3) is 0 Å². The van der Waals surface area contributed by atoms with Crippen molar-refractivity contribution in [2.75, 3.05) is 0 Å². The first kappa shape index (κ1) is 22.5. The van der Waals surface area contributed by atoms with Crippen LogP contribution in [0.2, 0.25) is 0 Å². The molecule has 0 aromatic carbocycles. The third-order valence-electron chi connectivity index (χ3n) is 0. The molecule has 0 fully saturated rings. The summed E-state index contributed by atoms with van der Waals surface area (Å²) in [5.41, 5.74) is 0. The molecule has 0 aliphatic carbocycles. The predicted molar refractivity (Wildman–Crippen MR) is 9.83 cm³/mol. The third kappa shape index (κ3) is 88.6. The van der Waals surface area contributed by atoms with Crippen LogP contribution >= 0.6 is 7.82 Å². The Hall–Kier alpha value is 2.18. The fourth-order valence-electron chi connectivity index (χ4n) is 0. The molecule has 1 radical (unpaired) electrons. The van der Waals surface area contributed by atoms with Crippen LogP contribution in [0.1, 0.15) is 0 Å². The topological polar surface area (TPSA) is 83.4 Å². The Morgan fingerprint density at radius 2 is 1.38 bits per heavy atom. The molecule has 0 aliphatic rings. The number of halogens is 1. The molecule has 0 aliphatic heterocycles. The van der Waals surface area contributed by atoms with Crippen LogP contribution in [0.4, 0.5) is 0 Å². The van der Waals surface area contributed by atoms with Crippen molar-refractivity contribution >= 4 is 7.82 Å². The zero-order chi connectivity index (χ0) is 4.50. The van der Waals surface area contributed by atoms with Gasteiger partial charge in [-0.1, -0.05) is 0 Å². The van der Waals surface area contributed by atoms with Crippen LogP contribution < -0.4 is 65.9 Å². The minimum absolute atomic E-state index is 0. The van der Waals surface area contributed by atoms with E-state index in [4.69, 9.17) is 19.2 Å². The number of phosphoric acid groups is 1. The smallest absolute Gasteiger partial charge is 1.00 e. The fourth-order valence-corrected chi connectivity index (χ4v) is 0. The van der Waals surface area contributed by atoms with Crippen LogP contribution in [0.25, 0.3) is 0 Å². The molecule has 0 saturated carbocycles. The van der Waals surface area contributed by atoms with Gasteiger partial charge < -0.3 is 23.9 Å². The molecule has 0 unspecified atom stereocenters. The van der Waals surface area contributed by atoms with Gasteiger partial charge in [0.15, 0.2) is 0 Å². The van der Waals surface area contributed by atoms with E-state index in [1.807, 2.05) is 0 Å². The second kappa shape index (κ2) is 9.18. The molecule has 0 atom stereocenters. The third-order valence-corrected chi connectivity index (χ3v) is 0. The first-order valence-electron chi connectivity index (χ1n) is 0.748. The Bertz CT molecular complexity index is 62.2.